The van der Waals surface area contributed by atoms with Gasteiger partial charge >= 0.3 is 0 Å². The van der Waals surface area contributed by atoms with Crippen molar-refractivity contribution in [3.63, 3.8) is 0 Å². The summed E-state index contributed by atoms with van der Waals surface area (Å²) in [4.78, 5) is 0. The first-order chi connectivity index (χ1) is 6.79. The molecule has 14 heavy (non-hydrogen) atoms. The maximum Gasteiger partial charge on any atom is 0.0641 e. The molecule has 1 fully saturated rings. The van der Waals surface area contributed by atoms with Crippen molar-refractivity contribution >= 4 is 0 Å². The van der Waals surface area contributed by atoms with Crippen LogP contribution in [0, 0.1) is 6.92 Å². The lowest BCUT2D eigenvalue weighted by molar-refractivity contribution is 0.409. The van der Waals surface area contributed by atoms with Gasteiger partial charge < -0.3 is 5.32 Å². The second kappa shape index (κ2) is 4.13. The third-order valence-corrected chi connectivity index (χ3v) is 2.81. The zero-order chi connectivity index (χ0) is 9.97. The summed E-state index contributed by atoms with van der Waals surface area (Å²) in [5.74, 6) is 0. The average molecular weight is 193 g/mol. The average Bonchev–Trinajstić information content (AvgIpc) is 2.90. The Bertz CT molecular complexity index is 288. The third kappa shape index (κ3) is 2.35. The van der Waals surface area contributed by atoms with Crippen molar-refractivity contribution in [2.75, 3.05) is 6.54 Å². The number of hydrogen-bond donors (Lipinski definition) is 1. The monoisotopic (exact) mass is 193 g/mol. The van der Waals surface area contributed by atoms with Crippen molar-refractivity contribution in [3.8, 4) is 0 Å². The van der Waals surface area contributed by atoms with Gasteiger partial charge in [-0.25, -0.2) is 0 Å². The fraction of sp³-hybridized carbons (Fsp3) is 0.727. The fourth-order valence-electron chi connectivity index (χ4n) is 1.65. The summed E-state index contributed by atoms with van der Waals surface area (Å²) in [6, 6.07) is 3.38. The maximum absolute atomic E-state index is 4.46. The van der Waals surface area contributed by atoms with Gasteiger partial charge in [-0.05, 0) is 32.3 Å². The molecule has 1 aromatic rings. The predicted octanol–water partition coefficient (Wildman–Crippen LogP) is 1.89. The van der Waals surface area contributed by atoms with Crippen LogP contribution in [0.5, 0.6) is 0 Å². The Morgan fingerprint density at radius 3 is 2.93 bits per heavy atom. The van der Waals surface area contributed by atoms with Gasteiger partial charge in [0.2, 0.25) is 0 Å². The standard InChI is InChI=1S/C11H19N3/c1-3-11(8-12-10-4-5-10)14-7-6-9(2)13-14/h6-7,10-12H,3-5,8H2,1-2H3. The molecule has 1 N–H and O–H groups in total. The van der Waals surface area contributed by atoms with E-state index >= 15 is 0 Å². The summed E-state index contributed by atoms with van der Waals surface area (Å²) in [5, 5.41) is 8.01. The van der Waals surface area contributed by atoms with E-state index in [0.717, 1.165) is 24.7 Å². The molecule has 2 rings (SSSR count). The number of aromatic nitrogens is 2. The molecule has 1 atom stereocenters. The molecule has 0 amide bonds. The molecule has 0 aliphatic heterocycles. The van der Waals surface area contributed by atoms with E-state index in [1.807, 2.05) is 6.92 Å². The first kappa shape index (κ1) is 9.71. The highest BCUT2D eigenvalue weighted by molar-refractivity contribution is 4.96. The van der Waals surface area contributed by atoms with Crippen molar-refractivity contribution < 1.29 is 0 Å². The Morgan fingerprint density at radius 1 is 1.64 bits per heavy atom. The van der Waals surface area contributed by atoms with Crippen LogP contribution in [-0.4, -0.2) is 22.4 Å². The van der Waals surface area contributed by atoms with Crippen LogP contribution in [0.2, 0.25) is 0 Å². The summed E-state index contributed by atoms with van der Waals surface area (Å²) < 4.78 is 2.09. The molecule has 1 heterocycles. The molecule has 0 bridgehead atoms. The molecule has 78 valence electrons. The van der Waals surface area contributed by atoms with Crippen LogP contribution < -0.4 is 5.32 Å². The topological polar surface area (TPSA) is 29.9 Å². The smallest absolute Gasteiger partial charge is 0.0641 e. The minimum Gasteiger partial charge on any atom is -0.312 e. The SMILES string of the molecule is CCC(CNC1CC1)n1ccc(C)n1. The highest BCUT2D eigenvalue weighted by Crippen LogP contribution is 2.20. The lowest BCUT2D eigenvalue weighted by Crippen LogP contribution is -2.27. The summed E-state index contributed by atoms with van der Waals surface area (Å²) in [6.07, 6.45) is 5.93. The van der Waals surface area contributed by atoms with Crippen molar-refractivity contribution in [1.82, 2.24) is 15.1 Å². The van der Waals surface area contributed by atoms with Gasteiger partial charge in [-0.1, -0.05) is 6.92 Å². The minimum atomic E-state index is 0.518. The van der Waals surface area contributed by atoms with E-state index in [1.165, 1.54) is 12.8 Å². The van der Waals surface area contributed by atoms with Gasteiger partial charge in [-0.2, -0.15) is 5.10 Å². The molecule has 1 aliphatic carbocycles. The van der Waals surface area contributed by atoms with Gasteiger partial charge in [0.1, 0.15) is 0 Å². The predicted molar refractivity (Wildman–Crippen MR) is 57.3 cm³/mol. The van der Waals surface area contributed by atoms with Gasteiger partial charge in [-0.15, -0.1) is 0 Å². The minimum absolute atomic E-state index is 0.518. The van der Waals surface area contributed by atoms with E-state index in [0.29, 0.717) is 6.04 Å². The van der Waals surface area contributed by atoms with E-state index in [1.54, 1.807) is 0 Å². The molecular weight excluding hydrogens is 174 g/mol. The van der Waals surface area contributed by atoms with Gasteiger partial charge in [0, 0.05) is 18.8 Å². The third-order valence-electron chi connectivity index (χ3n) is 2.81. The fourth-order valence-corrected chi connectivity index (χ4v) is 1.65. The van der Waals surface area contributed by atoms with Crippen molar-refractivity contribution in [1.29, 1.82) is 0 Å². The Hall–Kier alpha value is -0.830. The summed E-state index contributed by atoms with van der Waals surface area (Å²) in [6.45, 7) is 5.32. The van der Waals surface area contributed by atoms with Crippen molar-refractivity contribution in [3.05, 3.63) is 18.0 Å². The largest absolute Gasteiger partial charge is 0.312 e. The van der Waals surface area contributed by atoms with Crippen LogP contribution in [0.15, 0.2) is 12.3 Å². The molecule has 0 aromatic carbocycles. The molecule has 1 unspecified atom stereocenters. The summed E-state index contributed by atoms with van der Waals surface area (Å²) in [7, 11) is 0. The number of nitrogens with one attached hydrogen (secondary N) is 1. The van der Waals surface area contributed by atoms with Gasteiger partial charge in [0.15, 0.2) is 0 Å². The maximum atomic E-state index is 4.46. The molecular formula is C11H19N3. The molecule has 0 saturated heterocycles. The molecule has 3 heteroatoms. The first-order valence-electron chi connectivity index (χ1n) is 5.54. The normalized spacial score (nSPS) is 18.4. The van der Waals surface area contributed by atoms with Crippen LogP contribution in [0.4, 0.5) is 0 Å². The second-order valence-corrected chi connectivity index (χ2v) is 4.18. The van der Waals surface area contributed by atoms with Crippen LogP contribution in [0.3, 0.4) is 0 Å². The van der Waals surface area contributed by atoms with Gasteiger partial charge in [0.05, 0.1) is 11.7 Å². The zero-order valence-corrected chi connectivity index (χ0v) is 9.03. The molecule has 0 spiro atoms. The highest BCUT2D eigenvalue weighted by Gasteiger charge is 2.21. The first-order valence-corrected chi connectivity index (χ1v) is 5.54. The Balaban J connectivity index is 1.90. The van der Waals surface area contributed by atoms with Gasteiger partial charge in [0.25, 0.3) is 0 Å². The number of rotatable bonds is 5. The Kier molecular flexibility index (Phi) is 2.87. The molecule has 3 nitrogen and oxygen atoms in total. The second-order valence-electron chi connectivity index (χ2n) is 4.18. The van der Waals surface area contributed by atoms with Crippen LogP contribution >= 0.6 is 0 Å². The quantitative estimate of drug-likeness (QED) is 0.774. The van der Waals surface area contributed by atoms with Crippen LogP contribution in [0.1, 0.15) is 37.9 Å². The Labute approximate surface area is 85.5 Å². The summed E-state index contributed by atoms with van der Waals surface area (Å²) in [5.41, 5.74) is 1.11. The van der Waals surface area contributed by atoms with E-state index in [-0.39, 0.29) is 0 Å². The van der Waals surface area contributed by atoms with Crippen molar-refractivity contribution in [2.45, 2.75) is 45.2 Å². The Morgan fingerprint density at radius 2 is 2.43 bits per heavy atom. The molecule has 1 aromatic heterocycles. The number of hydrogen-bond acceptors (Lipinski definition) is 2. The highest BCUT2D eigenvalue weighted by atomic mass is 15.3. The van der Waals surface area contributed by atoms with Gasteiger partial charge in [-0.3, -0.25) is 4.68 Å². The lowest BCUT2D eigenvalue weighted by Gasteiger charge is -2.16. The number of nitrogens with zero attached hydrogens (tertiary/aromatic N) is 2. The summed E-state index contributed by atoms with van der Waals surface area (Å²) >= 11 is 0. The molecule has 1 saturated carbocycles. The van der Waals surface area contributed by atoms with E-state index in [9.17, 15) is 0 Å². The zero-order valence-electron chi connectivity index (χ0n) is 9.03. The van der Waals surface area contributed by atoms with Crippen molar-refractivity contribution in [2.24, 2.45) is 0 Å². The van der Waals surface area contributed by atoms with E-state index < -0.39 is 0 Å². The lowest BCUT2D eigenvalue weighted by atomic mass is 10.2. The van der Waals surface area contributed by atoms with Crippen LogP contribution in [-0.2, 0) is 0 Å². The van der Waals surface area contributed by atoms with Crippen LogP contribution in [0.25, 0.3) is 0 Å². The number of aryl methyl sites for hydroxylation is 1. The van der Waals surface area contributed by atoms with E-state index in [4.69, 9.17) is 0 Å². The molecule has 0 radical (unpaired) electrons. The van der Waals surface area contributed by atoms with E-state index in [2.05, 4.69) is 34.3 Å². The molecule has 1 aliphatic rings.